The summed E-state index contributed by atoms with van der Waals surface area (Å²) < 4.78 is 26.2. The number of nitrogens with two attached hydrogens (primary N) is 1. The Hall–Kier alpha value is -1.02. The van der Waals surface area contributed by atoms with Crippen molar-refractivity contribution < 1.29 is 13.5 Å². The normalized spacial score (nSPS) is 23.9. The van der Waals surface area contributed by atoms with Crippen molar-refractivity contribution in [3.8, 4) is 0 Å². The van der Waals surface area contributed by atoms with Gasteiger partial charge in [0.15, 0.2) is 0 Å². The monoisotopic (exact) mass is 328 g/mol. The summed E-state index contributed by atoms with van der Waals surface area (Å²) in [5.74, 6) is 0.0271. The van der Waals surface area contributed by atoms with Gasteiger partial charge in [0.1, 0.15) is 4.99 Å². The van der Waals surface area contributed by atoms with Gasteiger partial charge in [-0.1, -0.05) is 37.3 Å². The molecule has 0 aromatic heterocycles. The Labute approximate surface area is 130 Å². The number of β-amino-alcohol motifs (C(OH)–C–C–N with tert-alkyl or cyclic N) is 1. The van der Waals surface area contributed by atoms with Crippen LogP contribution in [0, 0.1) is 5.92 Å². The summed E-state index contributed by atoms with van der Waals surface area (Å²) in [6.45, 7) is 2.55. The van der Waals surface area contributed by atoms with Crippen LogP contribution in [0.15, 0.2) is 24.3 Å². The van der Waals surface area contributed by atoms with Crippen molar-refractivity contribution in [2.75, 3.05) is 13.1 Å². The second-order valence-electron chi connectivity index (χ2n) is 5.51. The van der Waals surface area contributed by atoms with Crippen molar-refractivity contribution in [3.63, 3.8) is 0 Å². The van der Waals surface area contributed by atoms with Crippen LogP contribution in [-0.4, -0.2) is 42.0 Å². The lowest BCUT2D eigenvalue weighted by Crippen LogP contribution is -2.46. The molecule has 1 aliphatic heterocycles. The van der Waals surface area contributed by atoms with E-state index in [0.29, 0.717) is 24.1 Å². The molecule has 1 aromatic rings. The van der Waals surface area contributed by atoms with Crippen molar-refractivity contribution in [1.82, 2.24) is 4.31 Å². The van der Waals surface area contributed by atoms with E-state index in [9.17, 15) is 13.5 Å². The molecule has 7 heteroatoms. The lowest BCUT2D eigenvalue weighted by Gasteiger charge is -2.33. The smallest absolute Gasteiger partial charge is 0.218 e. The predicted molar refractivity (Wildman–Crippen MR) is 86.3 cm³/mol. The zero-order valence-corrected chi connectivity index (χ0v) is 13.5. The van der Waals surface area contributed by atoms with E-state index in [0.717, 1.165) is 0 Å². The molecule has 5 nitrogen and oxygen atoms in total. The van der Waals surface area contributed by atoms with E-state index in [2.05, 4.69) is 0 Å². The Kier molecular flexibility index (Phi) is 4.98. The summed E-state index contributed by atoms with van der Waals surface area (Å²) >= 11 is 4.90. The van der Waals surface area contributed by atoms with Crippen molar-refractivity contribution in [2.45, 2.75) is 25.2 Å². The molecule has 1 fully saturated rings. The van der Waals surface area contributed by atoms with Crippen LogP contribution in [0.5, 0.6) is 0 Å². The maximum absolute atomic E-state index is 12.4. The second-order valence-corrected chi connectivity index (χ2v) is 7.92. The highest BCUT2D eigenvalue weighted by atomic mass is 32.2. The number of benzene rings is 1. The van der Waals surface area contributed by atoms with Gasteiger partial charge in [-0.25, -0.2) is 8.42 Å². The summed E-state index contributed by atoms with van der Waals surface area (Å²) in [5, 5.41) is 9.85. The molecule has 0 radical (unpaired) electrons. The third-order valence-corrected chi connectivity index (χ3v) is 5.89. The average molecular weight is 328 g/mol. The van der Waals surface area contributed by atoms with Gasteiger partial charge in [-0.15, -0.1) is 0 Å². The van der Waals surface area contributed by atoms with Crippen LogP contribution in [0.3, 0.4) is 0 Å². The molecule has 3 N–H and O–H groups in total. The van der Waals surface area contributed by atoms with Gasteiger partial charge in [-0.05, 0) is 24.0 Å². The Morgan fingerprint density at radius 2 is 2.24 bits per heavy atom. The molecule has 0 spiro atoms. The van der Waals surface area contributed by atoms with Crippen molar-refractivity contribution in [2.24, 2.45) is 11.7 Å². The summed E-state index contributed by atoms with van der Waals surface area (Å²) in [6, 6.07) is 6.93. The Balaban J connectivity index is 2.14. The first-order chi connectivity index (χ1) is 9.79. The quantitative estimate of drug-likeness (QED) is 0.801. The summed E-state index contributed by atoms with van der Waals surface area (Å²) in [5.41, 5.74) is 6.87. The lowest BCUT2D eigenvalue weighted by atomic mass is 9.98. The molecule has 2 rings (SSSR count). The first-order valence-electron chi connectivity index (χ1n) is 6.84. The highest BCUT2D eigenvalue weighted by molar-refractivity contribution is 7.88. The molecule has 21 heavy (non-hydrogen) atoms. The van der Waals surface area contributed by atoms with Crippen LogP contribution in [0.4, 0.5) is 0 Å². The number of sulfonamides is 1. The first kappa shape index (κ1) is 16.4. The number of hydrogen-bond donors (Lipinski definition) is 2. The molecule has 0 saturated carbocycles. The number of aliphatic hydroxyl groups excluding tert-OH is 1. The zero-order valence-electron chi connectivity index (χ0n) is 11.9. The molecule has 1 aromatic carbocycles. The van der Waals surface area contributed by atoms with Crippen LogP contribution in [0.1, 0.15) is 24.5 Å². The average Bonchev–Trinajstić information content (AvgIpc) is 2.41. The molecular weight excluding hydrogens is 308 g/mol. The van der Waals surface area contributed by atoms with E-state index in [1.165, 1.54) is 4.31 Å². The van der Waals surface area contributed by atoms with Crippen LogP contribution >= 0.6 is 12.2 Å². The van der Waals surface area contributed by atoms with Gasteiger partial charge < -0.3 is 10.8 Å². The molecule has 1 saturated heterocycles. The Morgan fingerprint density at radius 1 is 1.52 bits per heavy atom. The fourth-order valence-electron chi connectivity index (χ4n) is 2.39. The molecule has 2 atom stereocenters. The summed E-state index contributed by atoms with van der Waals surface area (Å²) in [7, 11) is -3.45. The predicted octanol–water partition coefficient (Wildman–Crippen LogP) is 0.853. The topological polar surface area (TPSA) is 83.6 Å². The van der Waals surface area contributed by atoms with Crippen molar-refractivity contribution >= 4 is 27.2 Å². The maximum atomic E-state index is 12.4. The van der Waals surface area contributed by atoms with E-state index in [1.54, 1.807) is 24.3 Å². The number of thiocarbonyl (C=S) groups is 1. The molecule has 2 unspecified atom stereocenters. The number of piperidine rings is 1. The first-order valence-corrected chi connectivity index (χ1v) is 8.86. The van der Waals surface area contributed by atoms with E-state index < -0.39 is 16.1 Å². The Bertz CT molecular complexity index is 631. The lowest BCUT2D eigenvalue weighted by molar-refractivity contribution is 0.0604. The fraction of sp³-hybridized carbons (Fsp3) is 0.500. The minimum absolute atomic E-state index is 0.107. The second kappa shape index (κ2) is 6.39. The van der Waals surface area contributed by atoms with Crippen molar-refractivity contribution in [3.05, 3.63) is 35.4 Å². The molecule has 0 bridgehead atoms. The fourth-order valence-corrected chi connectivity index (χ4v) is 4.06. The Morgan fingerprint density at radius 3 is 2.86 bits per heavy atom. The van der Waals surface area contributed by atoms with Crippen LogP contribution in [-0.2, 0) is 15.8 Å². The largest absolute Gasteiger partial charge is 0.391 e. The summed E-state index contributed by atoms with van der Waals surface area (Å²) in [6.07, 6.45) is 0.0734. The van der Waals surface area contributed by atoms with Gasteiger partial charge in [0.25, 0.3) is 0 Å². The summed E-state index contributed by atoms with van der Waals surface area (Å²) in [4.78, 5) is 0.247. The van der Waals surface area contributed by atoms with Gasteiger partial charge in [0, 0.05) is 18.7 Å². The SMILES string of the molecule is CC1CCN(S(=O)(=O)Cc2cccc(C(N)=S)c2)CC1O. The van der Waals surface area contributed by atoms with E-state index in [1.807, 2.05) is 6.92 Å². The van der Waals surface area contributed by atoms with Gasteiger partial charge in [-0.2, -0.15) is 4.31 Å². The standard InChI is InChI=1S/C14H20N2O3S2/c1-10-5-6-16(8-13(10)17)21(18,19)9-11-3-2-4-12(7-11)14(15)20/h2-4,7,10,13,17H,5-6,8-9H2,1H3,(H2,15,20). The van der Waals surface area contributed by atoms with Gasteiger partial charge in [-0.3, -0.25) is 0 Å². The van der Waals surface area contributed by atoms with Gasteiger partial charge in [0.2, 0.25) is 10.0 Å². The number of aliphatic hydroxyl groups is 1. The van der Waals surface area contributed by atoms with Gasteiger partial charge >= 0.3 is 0 Å². The van der Waals surface area contributed by atoms with E-state index in [-0.39, 0.29) is 23.2 Å². The molecule has 0 aliphatic carbocycles. The molecule has 0 amide bonds. The minimum atomic E-state index is -3.45. The third-order valence-electron chi connectivity index (χ3n) is 3.84. The van der Waals surface area contributed by atoms with Crippen LogP contribution in [0.25, 0.3) is 0 Å². The minimum Gasteiger partial charge on any atom is -0.391 e. The van der Waals surface area contributed by atoms with E-state index in [4.69, 9.17) is 18.0 Å². The number of hydrogen-bond acceptors (Lipinski definition) is 4. The van der Waals surface area contributed by atoms with E-state index >= 15 is 0 Å². The van der Waals surface area contributed by atoms with Crippen molar-refractivity contribution in [1.29, 1.82) is 0 Å². The highest BCUT2D eigenvalue weighted by Crippen LogP contribution is 2.21. The molecule has 116 valence electrons. The zero-order chi connectivity index (χ0) is 15.6. The molecule has 1 aliphatic rings. The molecule has 1 heterocycles. The highest BCUT2D eigenvalue weighted by Gasteiger charge is 2.31. The van der Waals surface area contributed by atoms with Crippen LogP contribution < -0.4 is 5.73 Å². The molecular formula is C14H20N2O3S2. The number of rotatable bonds is 4. The maximum Gasteiger partial charge on any atom is 0.218 e. The number of nitrogens with zero attached hydrogens (tertiary/aromatic N) is 1. The van der Waals surface area contributed by atoms with Gasteiger partial charge in [0.05, 0.1) is 11.9 Å². The van der Waals surface area contributed by atoms with Crippen LogP contribution in [0.2, 0.25) is 0 Å². The third kappa shape index (κ3) is 4.00.